The summed E-state index contributed by atoms with van der Waals surface area (Å²) in [7, 11) is 0. The first-order valence-corrected chi connectivity index (χ1v) is 8.77. The number of hydrogen-bond donors (Lipinski definition) is 3. The van der Waals surface area contributed by atoms with Crippen molar-refractivity contribution in [3.05, 3.63) is 41.0 Å². The van der Waals surface area contributed by atoms with Crippen LogP contribution in [0.4, 0.5) is 16.4 Å². The molecule has 3 amide bonds. The predicted molar refractivity (Wildman–Crippen MR) is 105 cm³/mol. The maximum absolute atomic E-state index is 12.2. The van der Waals surface area contributed by atoms with Crippen molar-refractivity contribution in [2.45, 2.75) is 26.3 Å². The molecule has 0 saturated carbocycles. The Bertz CT molecular complexity index is 950. The molecule has 9 nitrogen and oxygen atoms in total. The summed E-state index contributed by atoms with van der Waals surface area (Å²) >= 11 is 0. The molecule has 0 unspecified atom stereocenters. The minimum absolute atomic E-state index is 0.00579. The number of rotatable bonds is 4. The van der Waals surface area contributed by atoms with Gasteiger partial charge < -0.3 is 16.0 Å². The molecular formula is C19H21N7O2. The van der Waals surface area contributed by atoms with Crippen molar-refractivity contribution < 1.29 is 9.59 Å². The van der Waals surface area contributed by atoms with E-state index in [1.165, 1.54) is 6.20 Å². The van der Waals surface area contributed by atoms with E-state index in [1.807, 2.05) is 18.7 Å². The number of nitrogens with two attached hydrogens (primary N) is 1. The number of aryl methyl sites for hydroxylation is 1. The monoisotopic (exact) mass is 379 g/mol. The summed E-state index contributed by atoms with van der Waals surface area (Å²) in [5, 5.41) is 5.60. The van der Waals surface area contributed by atoms with E-state index >= 15 is 0 Å². The van der Waals surface area contributed by atoms with Crippen LogP contribution in [0, 0.1) is 26.2 Å². The molecule has 3 rings (SSSR count). The fourth-order valence-electron chi connectivity index (χ4n) is 2.99. The van der Waals surface area contributed by atoms with Crippen molar-refractivity contribution >= 4 is 23.6 Å². The molecule has 2 aromatic heterocycles. The van der Waals surface area contributed by atoms with Crippen molar-refractivity contribution in [3.8, 4) is 12.3 Å². The van der Waals surface area contributed by atoms with Gasteiger partial charge >= 0.3 is 6.03 Å². The van der Waals surface area contributed by atoms with Gasteiger partial charge in [0.15, 0.2) is 0 Å². The molecule has 1 saturated heterocycles. The summed E-state index contributed by atoms with van der Waals surface area (Å²) in [5.74, 6) is 2.88. The van der Waals surface area contributed by atoms with Gasteiger partial charge in [-0.1, -0.05) is 5.92 Å². The number of carbonyl (C=O) groups is 2. The standard InChI is InChI=1S/C19H21N7O2/c1-4-13-5-6-15(21-9-13)24-19(28)23-14-7-8-26(10-14)18-11(2)12(3)22-17(25-18)16(20)27/h1,5-6,9,14H,7-8,10H2,2-3H3,(H2,20,27)(H2,21,23,24,28)/t14-/m1/s1. The van der Waals surface area contributed by atoms with Crippen molar-refractivity contribution in [2.75, 3.05) is 23.3 Å². The summed E-state index contributed by atoms with van der Waals surface area (Å²) in [5.41, 5.74) is 7.55. The van der Waals surface area contributed by atoms with Gasteiger partial charge in [-0.05, 0) is 32.4 Å². The zero-order valence-corrected chi connectivity index (χ0v) is 15.7. The number of carbonyl (C=O) groups excluding carboxylic acids is 2. The first-order valence-electron chi connectivity index (χ1n) is 8.77. The Hall–Kier alpha value is -3.67. The largest absolute Gasteiger partial charge is 0.363 e. The number of nitrogens with one attached hydrogen (secondary N) is 2. The maximum atomic E-state index is 12.2. The fourth-order valence-corrected chi connectivity index (χ4v) is 2.99. The molecule has 2 aromatic rings. The third kappa shape index (κ3) is 4.17. The Balaban J connectivity index is 1.63. The van der Waals surface area contributed by atoms with Gasteiger partial charge in [-0.2, -0.15) is 0 Å². The van der Waals surface area contributed by atoms with Crippen LogP contribution in [-0.2, 0) is 0 Å². The van der Waals surface area contributed by atoms with Crippen LogP contribution in [0.15, 0.2) is 18.3 Å². The molecule has 0 spiro atoms. The second-order valence-corrected chi connectivity index (χ2v) is 6.55. The number of nitrogens with zero attached hydrogens (tertiary/aromatic N) is 4. The zero-order chi connectivity index (χ0) is 20.3. The average Bonchev–Trinajstić information content (AvgIpc) is 3.12. The molecule has 28 heavy (non-hydrogen) atoms. The van der Waals surface area contributed by atoms with Gasteiger partial charge in [0.2, 0.25) is 5.82 Å². The van der Waals surface area contributed by atoms with Gasteiger partial charge in [0.1, 0.15) is 11.6 Å². The summed E-state index contributed by atoms with van der Waals surface area (Å²) in [6, 6.07) is 2.93. The van der Waals surface area contributed by atoms with E-state index in [-0.39, 0.29) is 17.9 Å². The Morgan fingerprint density at radius 2 is 2.11 bits per heavy atom. The number of pyridine rings is 1. The molecule has 144 valence electrons. The lowest BCUT2D eigenvalue weighted by molar-refractivity contribution is 0.0990. The number of aromatic nitrogens is 3. The number of hydrogen-bond acceptors (Lipinski definition) is 6. The fraction of sp³-hybridized carbons (Fsp3) is 0.316. The van der Waals surface area contributed by atoms with Crippen molar-refractivity contribution in [3.63, 3.8) is 0 Å². The smallest absolute Gasteiger partial charge is 0.320 e. The molecule has 0 radical (unpaired) electrons. The zero-order valence-electron chi connectivity index (χ0n) is 15.7. The minimum Gasteiger partial charge on any atom is -0.363 e. The highest BCUT2D eigenvalue weighted by molar-refractivity contribution is 5.89. The Kier molecular flexibility index (Phi) is 5.40. The average molecular weight is 379 g/mol. The molecule has 1 atom stereocenters. The molecular weight excluding hydrogens is 358 g/mol. The van der Waals surface area contributed by atoms with E-state index in [2.05, 4.69) is 31.5 Å². The minimum atomic E-state index is -0.666. The van der Waals surface area contributed by atoms with Crippen LogP contribution < -0.4 is 21.3 Å². The predicted octanol–water partition coefficient (Wildman–Crippen LogP) is 0.969. The van der Waals surface area contributed by atoms with Gasteiger partial charge in [0, 0.05) is 42.1 Å². The van der Waals surface area contributed by atoms with Crippen LogP contribution in [0.3, 0.4) is 0 Å². The molecule has 4 N–H and O–H groups in total. The molecule has 0 aliphatic carbocycles. The summed E-state index contributed by atoms with van der Waals surface area (Å²) in [4.78, 5) is 38.2. The maximum Gasteiger partial charge on any atom is 0.320 e. The number of anilines is 2. The quantitative estimate of drug-likeness (QED) is 0.680. The molecule has 9 heteroatoms. The van der Waals surface area contributed by atoms with Crippen molar-refractivity contribution in [1.82, 2.24) is 20.3 Å². The third-order valence-electron chi connectivity index (χ3n) is 4.58. The van der Waals surface area contributed by atoms with Crippen LogP contribution in [0.1, 0.15) is 33.9 Å². The summed E-state index contributed by atoms with van der Waals surface area (Å²) < 4.78 is 0. The van der Waals surface area contributed by atoms with Crippen molar-refractivity contribution in [2.24, 2.45) is 5.73 Å². The highest BCUT2D eigenvalue weighted by Gasteiger charge is 2.27. The van der Waals surface area contributed by atoms with Gasteiger partial charge in [-0.25, -0.2) is 19.7 Å². The molecule has 1 aliphatic heterocycles. The number of amides is 3. The second-order valence-electron chi connectivity index (χ2n) is 6.55. The SMILES string of the molecule is C#Cc1ccc(NC(=O)N[C@@H]2CCN(c3nc(C(N)=O)nc(C)c3C)C2)nc1. The van der Waals surface area contributed by atoms with E-state index < -0.39 is 5.91 Å². The van der Waals surface area contributed by atoms with Gasteiger partial charge in [0.25, 0.3) is 5.91 Å². The number of urea groups is 1. The van der Waals surface area contributed by atoms with E-state index in [0.717, 1.165) is 12.0 Å². The van der Waals surface area contributed by atoms with Crippen LogP contribution in [0.2, 0.25) is 0 Å². The Labute approximate surface area is 162 Å². The molecule has 1 fully saturated rings. The first-order chi connectivity index (χ1) is 13.4. The lowest BCUT2D eigenvalue weighted by Crippen LogP contribution is -2.40. The normalized spacial score (nSPS) is 15.8. The topological polar surface area (TPSA) is 126 Å². The number of terminal acetylenes is 1. The van der Waals surface area contributed by atoms with Gasteiger partial charge in [-0.15, -0.1) is 6.42 Å². The highest BCUT2D eigenvalue weighted by atomic mass is 16.2. The Morgan fingerprint density at radius 1 is 1.32 bits per heavy atom. The van der Waals surface area contributed by atoms with E-state index in [0.29, 0.717) is 36.0 Å². The van der Waals surface area contributed by atoms with E-state index in [1.54, 1.807) is 12.1 Å². The Morgan fingerprint density at radius 3 is 2.75 bits per heavy atom. The molecule has 0 aromatic carbocycles. The molecule has 0 bridgehead atoms. The van der Waals surface area contributed by atoms with Crippen LogP contribution in [0.25, 0.3) is 0 Å². The molecule has 3 heterocycles. The summed E-state index contributed by atoms with van der Waals surface area (Å²) in [6.45, 7) is 4.96. The van der Waals surface area contributed by atoms with Gasteiger partial charge in [-0.3, -0.25) is 10.1 Å². The first kappa shape index (κ1) is 19.1. The number of primary amides is 1. The van der Waals surface area contributed by atoms with Gasteiger partial charge in [0.05, 0.1) is 0 Å². The lowest BCUT2D eigenvalue weighted by Gasteiger charge is -2.21. The van der Waals surface area contributed by atoms with E-state index in [9.17, 15) is 9.59 Å². The van der Waals surface area contributed by atoms with Crippen LogP contribution in [-0.4, -0.2) is 46.0 Å². The van der Waals surface area contributed by atoms with Crippen LogP contribution in [0.5, 0.6) is 0 Å². The third-order valence-corrected chi connectivity index (χ3v) is 4.58. The van der Waals surface area contributed by atoms with Crippen molar-refractivity contribution in [1.29, 1.82) is 0 Å². The lowest BCUT2D eigenvalue weighted by atomic mass is 10.2. The summed E-state index contributed by atoms with van der Waals surface area (Å²) in [6.07, 6.45) is 7.55. The second kappa shape index (κ2) is 7.92. The van der Waals surface area contributed by atoms with E-state index in [4.69, 9.17) is 12.2 Å². The highest BCUT2D eigenvalue weighted by Crippen LogP contribution is 2.24. The molecule has 1 aliphatic rings. The van der Waals surface area contributed by atoms with Crippen LogP contribution >= 0.6 is 0 Å².